The lowest BCUT2D eigenvalue weighted by Crippen LogP contribution is -2.57. The summed E-state index contributed by atoms with van der Waals surface area (Å²) < 4.78 is 21.2. The number of benzene rings is 1. The molecule has 3 aromatic rings. The smallest absolute Gasteiger partial charge is 0.252 e. The van der Waals surface area contributed by atoms with Crippen LogP contribution in [0.1, 0.15) is 11.3 Å². The van der Waals surface area contributed by atoms with Gasteiger partial charge in [-0.25, -0.2) is 14.1 Å². The fourth-order valence-electron chi connectivity index (χ4n) is 4.15. The summed E-state index contributed by atoms with van der Waals surface area (Å²) in [5, 5.41) is 4.39. The van der Waals surface area contributed by atoms with Gasteiger partial charge >= 0.3 is 0 Å². The van der Waals surface area contributed by atoms with Crippen LogP contribution < -0.4 is 15.4 Å². The minimum Gasteiger partial charge on any atom is -0.489 e. The summed E-state index contributed by atoms with van der Waals surface area (Å²) in [6, 6.07) is 6.61. The van der Waals surface area contributed by atoms with Gasteiger partial charge in [0.05, 0.1) is 23.6 Å². The second-order valence-electron chi connectivity index (χ2n) is 7.81. The number of piperazine rings is 1. The first-order chi connectivity index (χ1) is 15.1. The zero-order chi connectivity index (χ0) is 21.4. The van der Waals surface area contributed by atoms with E-state index in [9.17, 15) is 4.39 Å². The van der Waals surface area contributed by atoms with E-state index in [1.807, 2.05) is 6.92 Å². The summed E-state index contributed by atoms with van der Waals surface area (Å²) in [5.41, 5.74) is 8.57. The summed E-state index contributed by atoms with van der Waals surface area (Å²) in [7, 11) is 0. The summed E-state index contributed by atoms with van der Waals surface area (Å²) in [6.45, 7) is 6.04. The van der Waals surface area contributed by atoms with Crippen molar-refractivity contribution in [2.24, 2.45) is 0 Å². The van der Waals surface area contributed by atoms with Crippen LogP contribution in [-0.4, -0.2) is 63.5 Å². The maximum Gasteiger partial charge on any atom is 0.252 e. The molecule has 0 radical (unpaired) electrons. The Morgan fingerprint density at radius 2 is 2.19 bits per heavy atom. The van der Waals surface area contributed by atoms with Gasteiger partial charge in [-0.3, -0.25) is 4.90 Å². The van der Waals surface area contributed by atoms with E-state index in [-0.39, 0.29) is 11.9 Å². The van der Waals surface area contributed by atoms with Crippen molar-refractivity contribution >= 4 is 17.6 Å². The fourth-order valence-corrected chi connectivity index (χ4v) is 4.15. The second-order valence-corrected chi connectivity index (χ2v) is 7.81. The maximum atomic E-state index is 13.7. The third kappa shape index (κ3) is 3.84. The van der Waals surface area contributed by atoms with Crippen LogP contribution in [-0.2, 0) is 0 Å². The molecular formula is C22H24FN7O. The molecule has 1 saturated heterocycles. The van der Waals surface area contributed by atoms with E-state index in [0.29, 0.717) is 18.4 Å². The summed E-state index contributed by atoms with van der Waals surface area (Å²) in [4.78, 5) is 13.1. The highest BCUT2D eigenvalue weighted by Crippen LogP contribution is 2.35. The van der Waals surface area contributed by atoms with Crippen molar-refractivity contribution in [2.75, 3.05) is 43.4 Å². The number of hydrogen-bond acceptors (Lipinski definition) is 7. The van der Waals surface area contributed by atoms with E-state index >= 15 is 0 Å². The molecule has 0 bridgehead atoms. The Kier molecular flexibility index (Phi) is 5.03. The molecule has 1 aromatic carbocycles. The van der Waals surface area contributed by atoms with Crippen molar-refractivity contribution in [1.82, 2.24) is 24.6 Å². The normalized spacial score (nSPS) is 18.6. The zero-order valence-corrected chi connectivity index (χ0v) is 17.3. The molecule has 0 saturated carbocycles. The second kappa shape index (κ2) is 7.99. The molecule has 2 aromatic heterocycles. The zero-order valence-electron chi connectivity index (χ0n) is 17.3. The Morgan fingerprint density at radius 3 is 3.06 bits per heavy atom. The lowest BCUT2D eigenvalue weighted by Gasteiger charge is -2.45. The lowest BCUT2D eigenvalue weighted by molar-refractivity contribution is 0.177. The van der Waals surface area contributed by atoms with E-state index in [1.54, 1.807) is 35.3 Å². The average Bonchev–Trinajstić information content (AvgIpc) is 3.14. The Bertz CT molecular complexity index is 1130. The van der Waals surface area contributed by atoms with E-state index < -0.39 is 0 Å². The van der Waals surface area contributed by atoms with Gasteiger partial charge in [-0.2, -0.15) is 10.1 Å². The monoisotopic (exact) mass is 421 g/mol. The van der Waals surface area contributed by atoms with Gasteiger partial charge < -0.3 is 15.4 Å². The molecule has 31 heavy (non-hydrogen) atoms. The maximum absolute atomic E-state index is 13.7. The van der Waals surface area contributed by atoms with Gasteiger partial charge in [-0.1, -0.05) is 12.2 Å². The Balaban J connectivity index is 1.23. The molecule has 1 fully saturated rings. The molecule has 2 N–H and O–H groups in total. The van der Waals surface area contributed by atoms with Crippen molar-refractivity contribution in [2.45, 2.75) is 13.0 Å². The third-order valence-corrected chi connectivity index (χ3v) is 5.79. The average molecular weight is 421 g/mol. The SMILES string of the molecule is Cc1c(C=CCN2CCN3c4cc(F)ccc4OCC3C2)cnn1-c1nccc(N)n1. The molecule has 5 rings (SSSR count). The predicted octanol–water partition coefficient (Wildman–Crippen LogP) is 2.29. The van der Waals surface area contributed by atoms with E-state index in [4.69, 9.17) is 10.5 Å². The Morgan fingerprint density at radius 1 is 1.29 bits per heavy atom. The number of nitrogens with zero attached hydrogens (tertiary/aromatic N) is 6. The first-order valence-electron chi connectivity index (χ1n) is 10.3. The van der Waals surface area contributed by atoms with E-state index in [2.05, 4.69) is 37.0 Å². The molecule has 160 valence electrons. The summed E-state index contributed by atoms with van der Waals surface area (Å²) in [6.07, 6.45) is 7.63. The molecule has 9 heteroatoms. The van der Waals surface area contributed by atoms with E-state index in [0.717, 1.165) is 48.9 Å². The van der Waals surface area contributed by atoms with Gasteiger partial charge in [0.15, 0.2) is 0 Å². The number of fused-ring (bicyclic) bond motifs is 3. The minimum absolute atomic E-state index is 0.224. The molecule has 4 heterocycles. The molecular weight excluding hydrogens is 397 g/mol. The van der Waals surface area contributed by atoms with Crippen molar-refractivity contribution in [3.8, 4) is 11.7 Å². The van der Waals surface area contributed by atoms with Gasteiger partial charge in [0.2, 0.25) is 0 Å². The number of nitrogen functional groups attached to an aromatic ring is 1. The van der Waals surface area contributed by atoms with Crippen molar-refractivity contribution in [3.05, 3.63) is 59.8 Å². The molecule has 2 aliphatic rings. The van der Waals surface area contributed by atoms with Gasteiger partial charge in [-0.15, -0.1) is 0 Å². The Hall–Kier alpha value is -3.46. The fraction of sp³-hybridized carbons (Fsp3) is 0.318. The number of rotatable bonds is 4. The molecule has 0 spiro atoms. The Labute approximate surface area is 179 Å². The first-order valence-corrected chi connectivity index (χ1v) is 10.3. The van der Waals surface area contributed by atoms with Gasteiger partial charge in [0.25, 0.3) is 5.95 Å². The van der Waals surface area contributed by atoms with Gasteiger partial charge in [-0.05, 0) is 25.1 Å². The lowest BCUT2D eigenvalue weighted by atomic mass is 10.1. The predicted molar refractivity (Wildman–Crippen MR) is 117 cm³/mol. The van der Waals surface area contributed by atoms with Crippen LogP contribution in [0, 0.1) is 12.7 Å². The molecule has 8 nitrogen and oxygen atoms in total. The van der Waals surface area contributed by atoms with E-state index in [1.165, 1.54) is 6.07 Å². The van der Waals surface area contributed by atoms with Crippen LogP contribution in [0.4, 0.5) is 15.9 Å². The highest BCUT2D eigenvalue weighted by atomic mass is 19.1. The summed E-state index contributed by atoms with van der Waals surface area (Å²) in [5.74, 6) is 1.41. The number of aromatic nitrogens is 4. The van der Waals surface area contributed by atoms with Gasteiger partial charge in [0.1, 0.15) is 24.0 Å². The quantitative estimate of drug-likeness (QED) is 0.692. The molecule has 0 amide bonds. The van der Waals surface area contributed by atoms with Crippen molar-refractivity contribution in [1.29, 1.82) is 0 Å². The van der Waals surface area contributed by atoms with Crippen LogP contribution in [0.25, 0.3) is 12.0 Å². The van der Waals surface area contributed by atoms with Crippen LogP contribution in [0.15, 0.2) is 42.7 Å². The van der Waals surface area contributed by atoms with Crippen LogP contribution >= 0.6 is 0 Å². The number of anilines is 2. The largest absolute Gasteiger partial charge is 0.489 e. The van der Waals surface area contributed by atoms with Crippen molar-refractivity contribution < 1.29 is 9.13 Å². The molecule has 2 aliphatic heterocycles. The number of ether oxygens (including phenoxy) is 1. The molecule has 1 unspecified atom stereocenters. The minimum atomic E-state index is -0.229. The standard InChI is InChI=1S/C22H24FN7O/c1-15-16(12-26-30(15)22-25-7-6-21(24)27-22)3-2-8-28-9-10-29-18(13-28)14-31-20-5-4-17(23)11-19(20)29/h2-7,11-12,18H,8-10,13-14H2,1H3,(H2,24,25,27). The van der Waals surface area contributed by atoms with Crippen LogP contribution in [0.3, 0.4) is 0 Å². The number of nitrogens with two attached hydrogens (primary N) is 1. The van der Waals surface area contributed by atoms with Crippen LogP contribution in [0.2, 0.25) is 0 Å². The summed E-state index contributed by atoms with van der Waals surface area (Å²) >= 11 is 0. The van der Waals surface area contributed by atoms with Gasteiger partial charge in [0, 0.05) is 44.0 Å². The topological polar surface area (TPSA) is 85.3 Å². The highest BCUT2D eigenvalue weighted by molar-refractivity contribution is 5.61. The number of halogens is 1. The highest BCUT2D eigenvalue weighted by Gasteiger charge is 2.32. The third-order valence-electron chi connectivity index (χ3n) is 5.79. The number of hydrogen-bond donors (Lipinski definition) is 1. The van der Waals surface area contributed by atoms with Crippen LogP contribution in [0.5, 0.6) is 5.75 Å². The first kappa shape index (κ1) is 19.5. The molecule has 1 atom stereocenters. The molecule has 0 aliphatic carbocycles. The van der Waals surface area contributed by atoms with Crippen molar-refractivity contribution in [3.63, 3.8) is 0 Å².